The van der Waals surface area contributed by atoms with Crippen LogP contribution in [0, 0.1) is 5.92 Å². The van der Waals surface area contributed by atoms with Crippen LogP contribution in [0.3, 0.4) is 0 Å². The average Bonchev–Trinajstić information content (AvgIpc) is 2.85. The van der Waals surface area contributed by atoms with Gasteiger partial charge in [0.2, 0.25) is 11.7 Å². The molecule has 1 aliphatic heterocycles. The van der Waals surface area contributed by atoms with Gasteiger partial charge in [0.15, 0.2) is 0 Å². The maximum atomic E-state index is 11.9. The summed E-state index contributed by atoms with van der Waals surface area (Å²) in [5.74, 6) is -0.883. The summed E-state index contributed by atoms with van der Waals surface area (Å²) in [7, 11) is 0. The van der Waals surface area contributed by atoms with Crippen molar-refractivity contribution >= 4 is 11.9 Å². The van der Waals surface area contributed by atoms with Gasteiger partial charge in [0, 0.05) is 12.5 Å². The molecule has 0 radical (unpaired) electrons. The van der Waals surface area contributed by atoms with Crippen LogP contribution in [0.2, 0.25) is 0 Å². The van der Waals surface area contributed by atoms with Crippen molar-refractivity contribution in [2.45, 2.75) is 32.4 Å². The van der Waals surface area contributed by atoms with Gasteiger partial charge in [-0.1, -0.05) is 0 Å². The molecule has 0 saturated carbocycles. The van der Waals surface area contributed by atoms with Crippen molar-refractivity contribution in [2.75, 3.05) is 6.61 Å². The minimum Gasteiger partial charge on any atom is -0.475 e. The number of carbonyl (C=O) groups is 2. The third kappa shape index (κ3) is 3.57. The fourth-order valence-corrected chi connectivity index (χ4v) is 2.14. The second-order valence-corrected chi connectivity index (χ2v) is 4.69. The van der Waals surface area contributed by atoms with Gasteiger partial charge in [0.05, 0.1) is 12.6 Å². The van der Waals surface area contributed by atoms with Crippen molar-refractivity contribution < 1.29 is 23.8 Å². The predicted octanol–water partition coefficient (Wildman–Crippen LogP) is 1.41. The highest BCUT2D eigenvalue weighted by Gasteiger charge is 2.25. The summed E-state index contributed by atoms with van der Waals surface area (Å²) >= 11 is 0. The molecule has 0 bridgehead atoms. The van der Waals surface area contributed by atoms with Gasteiger partial charge in [0.1, 0.15) is 5.76 Å². The van der Waals surface area contributed by atoms with E-state index >= 15 is 0 Å². The SMILES string of the molecule is C[C@@H]1C[C@H](C(=O)NCc2ccc(C(=O)O)o2)CCO1. The summed E-state index contributed by atoms with van der Waals surface area (Å²) < 4.78 is 10.5. The lowest BCUT2D eigenvalue weighted by Crippen LogP contribution is -2.36. The quantitative estimate of drug-likeness (QED) is 0.861. The summed E-state index contributed by atoms with van der Waals surface area (Å²) in [5, 5.41) is 11.5. The van der Waals surface area contributed by atoms with Crippen LogP contribution in [0.4, 0.5) is 0 Å². The van der Waals surface area contributed by atoms with Crippen LogP contribution in [0.25, 0.3) is 0 Å². The number of carboxylic acids is 1. The Morgan fingerprint density at radius 2 is 2.26 bits per heavy atom. The Morgan fingerprint density at radius 3 is 2.89 bits per heavy atom. The molecule has 0 unspecified atom stereocenters. The minimum absolute atomic E-state index is 0.0385. The molecule has 2 N–H and O–H groups in total. The van der Waals surface area contributed by atoms with Gasteiger partial charge in [0.25, 0.3) is 0 Å². The van der Waals surface area contributed by atoms with Gasteiger partial charge in [-0.3, -0.25) is 4.79 Å². The molecule has 0 aliphatic carbocycles. The molecule has 2 heterocycles. The number of ether oxygens (including phenoxy) is 1. The highest BCUT2D eigenvalue weighted by Crippen LogP contribution is 2.20. The number of furan rings is 1. The van der Waals surface area contributed by atoms with E-state index in [4.69, 9.17) is 14.3 Å². The van der Waals surface area contributed by atoms with E-state index in [2.05, 4.69) is 5.32 Å². The molecule has 1 saturated heterocycles. The third-order valence-electron chi connectivity index (χ3n) is 3.17. The monoisotopic (exact) mass is 267 g/mol. The topological polar surface area (TPSA) is 88.8 Å². The zero-order chi connectivity index (χ0) is 13.8. The van der Waals surface area contributed by atoms with Crippen LogP contribution >= 0.6 is 0 Å². The molecule has 1 aliphatic rings. The molecular weight excluding hydrogens is 250 g/mol. The minimum atomic E-state index is -1.11. The standard InChI is InChI=1S/C13H17NO5/c1-8-6-9(4-5-18-8)12(15)14-7-10-2-3-11(19-10)13(16)17/h2-3,8-9H,4-7H2,1H3,(H,14,15)(H,16,17)/t8-,9-/m1/s1. The van der Waals surface area contributed by atoms with Gasteiger partial charge in [-0.2, -0.15) is 0 Å². The summed E-state index contributed by atoms with van der Waals surface area (Å²) in [6.45, 7) is 2.76. The fraction of sp³-hybridized carbons (Fsp3) is 0.538. The first kappa shape index (κ1) is 13.6. The van der Waals surface area contributed by atoms with E-state index in [9.17, 15) is 9.59 Å². The first-order chi connectivity index (χ1) is 9.06. The molecule has 0 spiro atoms. The summed E-state index contributed by atoms with van der Waals surface area (Å²) in [5.41, 5.74) is 0. The number of rotatable bonds is 4. The second kappa shape index (κ2) is 5.88. The van der Waals surface area contributed by atoms with Crippen LogP contribution in [0.5, 0.6) is 0 Å². The molecular formula is C13H17NO5. The molecule has 6 heteroatoms. The molecule has 2 atom stereocenters. The van der Waals surface area contributed by atoms with E-state index in [-0.39, 0.29) is 30.2 Å². The number of nitrogens with one attached hydrogen (secondary N) is 1. The largest absolute Gasteiger partial charge is 0.475 e. The number of carbonyl (C=O) groups excluding carboxylic acids is 1. The van der Waals surface area contributed by atoms with E-state index in [0.717, 1.165) is 0 Å². The van der Waals surface area contributed by atoms with Gasteiger partial charge >= 0.3 is 5.97 Å². The highest BCUT2D eigenvalue weighted by atomic mass is 16.5. The normalized spacial score (nSPS) is 23.0. The maximum absolute atomic E-state index is 11.9. The lowest BCUT2D eigenvalue weighted by molar-refractivity contribution is -0.129. The van der Waals surface area contributed by atoms with Crippen molar-refractivity contribution in [3.8, 4) is 0 Å². The molecule has 1 aromatic rings. The molecule has 0 aromatic carbocycles. The Morgan fingerprint density at radius 1 is 1.47 bits per heavy atom. The Labute approximate surface area is 110 Å². The first-order valence-corrected chi connectivity index (χ1v) is 6.27. The van der Waals surface area contributed by atoms with E-state index in [0.29, 0.717) is 25.2 Å². The van der Waals surface area contributed by atoms with Crippen molar-refractivity contribution in [3.63, 3.8) is 0 Å². The van der Waals surface area contributed by atoms with Gasteiger partial charge in [-0.05, 0) is 31.9 Å². The van der Waals surface area contributed by atoms with Gasteiger partial charge in [-0.15, -0.1) is 0 Å². The molecule has 1 amide bonds. The lowest BCUT2D eigenvalue weighted by atomic mass is 9.95. The molecule has 2 rings (SSSR count). The Hall–Kier alpha value is -1.82. The molecule has 1 fully saturated rings. The van der Waals surface area contributed by atoms with Crippen molar-refractivity contribution in [1.82, 2.24) is 5.32 Å². The Kier molecular flexibility index (Phi) is 4.21. The van der Waals surface area contributed by atoms with Gasteiger partial charge in [-0.25, -0.2) is 4.79 Å². The van der Waals surface area contributed by atoms with E-state index < -0.39 is 5.97 Å². The number of amides is 1. The summed E-state index contributed by atoms with van der Waals surface area (Å²) in [6.07, 6.45) is 1.53. The summed E-state index contributed by atoms with van der Waals surface area (Å²) in [4.78, 5) is 22.6. The third-order valence-corrected chi connectivity index (χ3v) is 3.17. The number of aromatic carboxylic acids is 1. The van der Waals surface area contributed by atoms with Crippen molar-refractivity contribution in [1.29, 1.82) is 0 Å². The number of carboxylic acid groups (broad SMARTS) is 1. The van der Waals surface area contributed by atoms with Crippen LogP contribution in [0.15, 0.2) is 16.5 Å². The number of hydrogen-bond donors (Lipinski definition) is 2. The van der Waals surface area contributed by atoms with Crippen LogP contribution in [0.1, 0.15) is 36.1 Å². The highest BCUT2D eigenvalue weighted by molar-refractivity contribution is 5.84. The van der Waals surface area contributed by atoms with Crippen LogP contribution < -0.4 is 5.32 Å². The van der Waals surface area contributed by atoms with E-state index in [1.54, 1.807) is 6.07 Å². The predicted molar refractivity (Wildman–Crippen MR) is 65.7 cm³/mol. The van der Waals surface area contributed by atoms with Crippen LogP contribution in [-0.2, 0) is 16.1 Å². The molecule has 6 nitrogen and oxygen atoms in total. The van der Waals surface area contributed by atoms with E-state index in [1.807, 2.05) is 6.92 Å². The molecule has 19 heavy (non-hydrogen) atoms. The van der Waals surface area contributed by atoms with Crippen LogP contribution in [-0.4, -0.2) is 29.7 Å². The summed E-state index contributed by atoms with van der Waals surface area (Å²) in [6, 6.07) is 2.93. The second-order valence-electron chi connectivity index (χ2n) is 4.69. The first-order valence-electron chi connectivity index (χ1n) is 6.27. The van der Waals surface area contributed by atoms with Gasteiger partial charge < -0.3 is 19.6 Å². The Balaban J connectivity index is 1.84. The van der Waals surface area contributed by atoms with E-state index in [1.165, 1.54) is 6.07 Å². The smallest absolute Gasteiger partial charge is 0.371 e. The number of hydrogen-bond acceptors (Lipinski definition) is 4. The van der Waals surface area contributed by atoms with Crippen molar-refractivity contribution in [3.05, 3.63) is 23.7 Å². The lowest BCUT2D eigenvalue weighted by Gasteiger charge is -2.26. The Bertz CT molecular complexity index is 467. The zero-order valence-corrected chi connectivity index (χ0v) is 10.7. The maximum Gasteiger partial charge on any atom is 0.371 e. The average molecular weight is 267 g/mol. The zero-order valence-electron chi connectivity index (χ0n) is 10.7. The molecule has 104 valence electrons. The van der Waals surface area contributed by atoms with Crippen molar-refractivity contribution in [2.24, 2.45) is 5.92 Å². The molecule has 1 aromatic heterocycles. The fourth-order valence-electron chi connectivity index (χ4n) is 2.14.